The molecule has 0 saturated carbocycles. The average Bonchev–Trinajstić information content (AvgIpc) is 2.85. The zero-order valence-electron chi connectivity index (χ0n) is 16.6. The zero-order chi connectivity index (χ0) is 21.8. The fraction of sp³-hybridized carbons (Fsp3) is 0.115. The Bertz CT molecular complexity index is 1270. The van der Waals surface area contributed by atoms with Crippen LogP contribution in [0, 0.1) is 39.4 Å². The topological polar surface area (TPSA) is 99.1 Å². The van der Waals surface area contributed by atoms with Gasteiger partial charge in [-0.1, -0.05) is 66.7 Å². The molecule has 0 aliphatic heterocycles. The first-order chi connectivity index (χ1) is 15.2. The second-order valence-electron chi connectivity index (χ2n) is 7.32. The molecule has 3 atom stereocenters. The van der Waals surface area contributed by atoms with Crippen LogP contribution >= 0.6 is 0 Å². The maximum Gasteiger partial charge on any atom is 0.303 e. The first-order valence-corrected chi connectivity index (χ1v) is 9.80. The van der Waals surface area contributed by atoms with E-state index in [2.05, 4.69) is 18.2 Å². The molecular weight excluding hydrogens is 382 g/mol. The van der Waals surface area contributed by atoms with Crippen molar-refractivity contribution in [3.63, 3.8) is 0 Å². The van der Waals surface area contributed by atoms with Crippen LogP contribution in [0.4, 0.5) is 0 Å². The summed E-state index contributed by atoms with van der Waals surface area (Å²) in [7, 11) is 0. The molecule has 3 unspecified atom stereocenters. The van der Waals surface area contributed by atoms with Crippen LogP contribution < -0.4 is 4.57 Å². The van der Waals surface area contributed by atoms with Crippen molar-refractivity contribution < 1.29 is 4.57 Å². The van der Waals surface area contributed by atoms with Gasteiger partial charge in [0.2, 0.25) is 0 Å². The van der Waals surface area contributed by atoms with Gasteiger partial charge in [-0.2, -0.15) is 20.4 Å². The summed E-state index contributed by atoms with van der Waals surface area (Å²) in [6, 6.07) is 31.0. The highest BCUT2D eigenvalue weighted by Gasteiger charge is 2.61. The third kappa shape index (κ3) is 2.99. The fourth-order valence-electron chi connectivity index (χ4n) is 4.51. The van der Waals surface area contributed by atoms with E-state index in [1.165, 1.54) is 0 Å². The molecule has 1 N–H and O–H groups in total. The number of aromatic nitrogens is 1. The van der Waals surface area contributed by atoms with E-state index in [9.17, 15) is 15.8 Å². The first-order valence-electron chi connectivity index (χ1n) is 9.80. The number of nitriles is 3. The molecule has 2 aromatic carbocycles. The van der Waals surface area contributed by atoms with Crippen LogP contribution in [0.3, 0.4) is 0 Å². The lowest BCUT2D eigenvalue weighted by Gasteiger charge is -2.40. The summed E-state index contributed by atoms with van der Waals surface area (Å²) in [5.41, 5.74) is 0.157. The Labute approximate surface area is 180 Å². The minimum Gasteiger partial charge on any atom is -0.296 e. The van der Waals surface area contributed by atoms with Gasteiger partial charge in [0.25, 0.3) is 0 Å². The maximum absolute atomic E-state index is 10.6. The largest absolute Gasteiger partial charge is 0.303 e. The maximum atomic E-state index is 10.6. The zero-order valence-corrected chi connectivity index (χ0v) is 16.6. The number of pyridine rings is 1. The number of allylic oxidation sites excluding steroid dienone is 2. The van der Waals surface area contributed by atoms with Crippen molar-refractivity contribution in [1.82, 2.24) is 0 Å². The molecule has 0 saturated heterocycles. The Morgan fingerprint density at radius 2 is 1.29 bits per heavy atom. The van der Waals surface area contributed by atoms with Crippen LogP contribution in [0.5, 0.6) is 0 Å². The molecule has 5 heteroatoms. The van der Waals surface area contributed by atoms with Gasteiger partial charge in [-0.05, 0) is 11.1 Å². The van der Waals surface area contributed by atoms with Crippen LogP contribution in [0.1, 0.15) is 23.0 Å². The molecule has 31 heavy (non-hydrogen) atoms. The number of nitrogens with one attached hydrogen (secondary N) is 1. The van der Waals surface area contributed by atoms with Crippen molar-refractivity contribution in [2.24, 2.45) is 0 Å². The number of nitrogens with zero attached hydrogens (tertiary/aromatic N) is 4. The van der Waals surface area contributed by atoms with Gasteiger partial charge < -0.3 is 0 Å². The Kier molecular flexibility index (Phi) is 5.15. The lowest BCUT2D eigenvalue weighted by molar-refractivity contribution is -0.736. The van der Waals surface area contributed by atoms with E-state index in [1.807, 2.05) is 66.7 Å². The Hall–Kier alpha value is -4.53. The second-order valence-corrected chi connectivity index (χ2v) is 7.32. The molecule has 1 aliphatic rings. The number of benzene rings is 2. The summed E-state index contributed by atoms with van der Waals surface area (Å²) in [5, 5.41) is 39.6. The minimum atomic E-state index is -1.51. The van der Waals surface area contributed by atoms with Crippen LogP contribution in [0.15, 0.2) is 102 Å². The normalized spacial score (nSPS) is 22.8. The quantitative estimate of drug-likeness (QED) is 0.669. The lowest BCUT2D eigenvalue weighted by atomic mass is 9.60. The van der Waals surface area contributed by atoms with Crippen LogP contribution in [0.2, 0.25) is 0 Å². The summed E-state index contributed by atoms with van der Waals surface area (Å²) in [5.74, 6) is -1.16. The van der Waals surface area contributed by atoms with Gasteiger partial charge in [0.15, 0.2) is 12.4 Å². The van der Waals surface area contributed by atoms with Gasteiger partial charge in [-0.15, -0.1) is 0 Å². The standard InChI is InChI=1S/C26H18N5/c27-16-21-22(17-28)25(30)26(18-29,31-14-8-3-9-15-31)24(20-12-6-2-7-13-20)23(21)19-10-4-1-5-11-19/h1-15,23-24,30H/q+1. The van der Waals surface area contributed by atoms with Gasteiger partial charge in [-0.25, -0.2) is 0 Å². The second kappa shape index (κ2) is 8.07. The van der Waals surface area contributed by atoms with E-state index >= 15 is 0 Å². The first kappa shape index (κ1) is 19.8. The van der Waals surface area contributed by atoms with Gasteiger partial charge in [0, 0.05) is 18.1 Å². The molecule has 0 spiro atoms. The van der Waals surface area contributed by atoms with E-state index in [0.29, 0.717) is 0 Å². The summed E-state index contributed by atoms with van der Waals surface area (Å²) in [6.45, 7) is 0. The van der Waals surface area contributed by atoms with Crippen molar-refractivity contribution in [2.45, 2.75) is 17.4 Å². The van der Waals surface area contributed by atoms with Crippen molar-refractivity contribution in [1.29, 1.82) is 21.2 Å². The van der Waals surface area contributed by atoms with Crippen molar-refractivity contribution in [2.75, 3.05) is 0 Å². The molecular formula is C26H18N5+. The summed E-state index contributed by atoms with van der Waals surface area (Å²) in [6.07, 6.45) is 3.48. The van der Waals surface area contributed by atoms with Gasteiger partial charge in [0.05, 0.1) is 23.1 Å². The van der Waals surface area contributed by atoms with Crippen LogP contribution in [0.25, 0.3) is 0 Å². The van der Waals surface area contributed by atoms with E-state index < -0.39 is 17.4 Å². The lowest BCUT2D eigenvalue weighted by Crippen LogP contribution is -2.66. The molecule has 0 amide bonds. The third-order valence-corrected chi connectivity index (χ3v) is 5.84. The molecule has 0 fully saturated rings. The Morgan fingerprint density at radius 3 is 1.81 bits per heavy atom. The molecule has 1 aromatic heterocycles. The van der Waals surface area contributed by atoms with Crippen molar-refractivity contribution in [3.05, 3.63) is 114 Å². The molecule has 5 nitrogen and oxygen atoms in total. The summed E-state index contributed by atoms with van der Waals surface area (Å²) in [4.78, 5) is 0. The highest BCUT2D eigenvalue weighted by atomic mass is 15.1. The van der Waals surface area contributed by atoms with Crippen LogP contribution in [-0.2, 0) is 5.54 Å². The van der Waals surface area contributed by atoms with Crippen molar-refractivity contribution >= 4 is 5.71 Å². The van der Waals surface area contributed by atoms with E-state index in [1.54, 1.807) is 29.1 Å². The molecule has 3 aromatic rings. The predicted molar refractivity (Wildman–Crippen MR) is 115 cm³/mol. The average molecular weight is 400 g/mol. The minimum absolute atomic E-state index is 0.0403. The molecule has 4 rings (SSSR count). The Balaban J connectivity index is 2.16. The van der Waals surface area contributed by atoms with E-state index in [4.69, 9.17) is 5.41 Å². The van der Waals surface area contributed by atoms with Crippen molar-refractivity contribution in [3.8, 4) is 18.2 Å². The SMILES string of the molecule is N#CC1=C(C#N)C(c2ccccc2)C(c2ccccc2)C(C#N)([n+]2ccccc2)C1=N. The highest BCUT2D eigenvalue weighted by molar-refractivity contribution is 6.10. The molecule has 146 valence electrons. The number of hydrogen-bond donors (Lipinski definition) is 1. The molecule has 0 radical (unpaired) electrons. The monoisotopic (exact) mass is 400 g/mol. The molecule has 1 aliphatic carbocycles. The number of hydrogen-bond acceptors (Lipinski definition) is 4. The third-order valence-electron chi connectivity index (χ3n) is 5.84. The van der Waals surface area contributed by atoms with Gasteiger partial charge in [0.1, 0.15) is 17.9 Å². The van der Waals surface area contributed by atoms with Gasteiger partial charge >= 0.3 is 5.54 Å². The van der Waals surface area contributed by atoms with E-state index in [0.717, 1.165) is 11.1 Å². The Morgan fingerprint density at radius 1 is 0.742 bits per heavy atom. The molecule has 0 bridgehead atoms. The predicted octanol–water partition coefficient (Wildman–Crippen LogP) is 4.14. The smallest absolute Gasteiger partial charge is 0.296 e. The van der Waals surface area contributed by atoms with Gasteiger partial charge in [-0.3, -0.25) is 5.41 Å². The fourth-order valence-corrected chi connectivity index (χ4v) is 4.51. The van der Waals surface area contributed by atoms with E-state index in [-0.39, 0.29) is 16.9 Å². The highest BCUT2D eigenvalue weighted by Crippen LogP contribution is 2.51. The summed E-state index contributed by atoms with van der Waals surface area (Å²) < 4.78 is 1.69. The number of rotatable bonds is 3. The molecule has 1 heterocycles. The van der Waals surface area contributed by atoms with Crippen LogP contribution in [-0.4, -0.2) is 5.71 Å². The summed E-state index contributed by atoms with van der Waals surface area (Å²) >= 11 is 0.